The number of pyridine rings is 1. The van der Waals surface area contributed by atoms with Gasteiger partial charge in [-0.05, 0) is 24.6 Å². The van der Waals surface area contributed by atoms with Crippen molar-refractivity contribution in [3.05, 3.63) is 59.8 Å². The molecule has 2 atom stereocenters. The predicted molar refractivity (Wildman–Crippen MR) is 98.1 cm³/mol. The third kappa shape index (κ3) is 5.24. The van der Waals surface area contributed by atoms with Crippen molar-refractivity contribution < 1.29 is 27.5 Å². The van der Waals surface area contributed by atoms with E-state index < -0.39 is 30.6 Å². The van der Waals surface area contributed by atoms with Crippen molar-refractivity contribution in [3.63, 3.8) is 0 Å². The van der Waals surface area contributed by atoms with Gasteiger partial charge in [0.25, 0.3) is 5.91 Å². The molecule has 0 radical (unpaired) electrons. The summed E-state index contributed by atoms with van der Waals surface area (Å²) < 4.78 is 41.9. The number of hydrogen-bond donors (Lipinski definition) is 1. The van der Waals surface area contributed by atoms with Crippen LogP contribution < -0.4 is 10.1 Å². The molecule has 0 saturated carbocycles. The van der Waals surface area contributed by atoms with E-state index in [4.69, 9.17) is 0 Å². The van der Waals surface area contributed by atoms with E-state index in [0.29, 0.717) is 6.54 Å². The van der Waals surface area contributed by atoms with Crippen LogP contribution in [-0.4, -0.2) is 46.6 Å². The van der Waals surface area contributed by atoms with Gasteiger partial charge in [0.2, 0.25) is 11.8 Å². The van der Waals surface area contributed by atoms with Gasteiger partial charge in [-0.3, -0.25) is 9.59 Å². The van der Waals surface area contributed by atoms with Crippen LogP contribution in [0.15, 0.2) is 48.7 Å². The maximum atomic E-state index is 12.6. The first kappa shape index (κ1) is 20.6. The normalized spacial score (nSPS) is 19.3. The second-order valence-corrected chi connectivity index (χ2v) is 6.79. The van der Waals surface area contributed by atoms with E-state index in [-0.39, 0.29) is 23.9 Å². The molecule has 0 spiro atoms. The van der Waals surface area contributed by atoms with Gasteiger partial charge in [0.05, 0.1) is 6.04 Å². The molecule has 154 valence electrons. The van der Waals surface area contributed by atoms with Crippen molar-refractivity contribution in [1.29, 1.82) is 0 Å². The number of ether oxygens (including phenoxy) is 1. The molecule has 29 heavy (non-hydrogen) atoms. The highest BCUT2D eigenvalue weighted by Crippen LogP contribution is 2.24. The third-order valence-electron chi connectivity index (χ3n) is 4.69. The minimum Gasteiger partial charge on any atom is -0.467 e. The lowest BCUT2D eigenvalue weighted by Gasteiger charge is -2.25. The molecule has 1 saturated heterocycles. The fourth-order valence-corrected chi connectivity index (χ4v) is 3.18. The number of alkyl halides is 3. The Labute approximate surface area is 165 Å². The minimum absolute atomic E-state index is 0.105. The Morgan fingerprint density at radius 3 is 2.66 bits per heavy atom. The van der Waals surface area contributed by atoms with E-state index in [2.05, 4.69) is 15.0 Å². The Kier molecular flexibility index (Phi) is 6.05. The second-order valence-electron chi connectivity index (χ2n) is 6.79. The molecule has 6 nitrogen and oxygen atoms in total. The number of likely N-dealkylation sites (tertiary alicyclic amines) is 1. The van der Waals surface area contributed by atoms with Crippen LogP contribution in [0.3, 0.4) is 0 Å². The Morgan fingerprint density at radius 1 is 1.24 bits per heavy atom. The summed E-state index contributed by atoms with van der Waals surface area (Å²) in [5.41, 5.74) is 0.854. The van der Waals surface area contributed by atoms with Crippen LogP contribution in [-0.2, 0) is 11.3 Å². The smallest absolute Gasteiger partial charge is 0.422 e. The minimum atomic E-state index is -4.55. The van der Waals surface area contributed by atoms with Crippen LogP contribution in [0.25, 0.3) is 0 Å². The average molecular weight is 407 g/mol. The predicted octanol–water partition coefficient (Wildman–Crippen LogP) is 2.94. The molecule has 2 aromatic rings. The van der Waals surface area contributed by atoms with E-state index >= 15 is 0 Å². The molecular formula is C20H20F3N3O3. The van der Waals surface area contributed by atoms with E-state index in [1.54, 1.807) is 4.90 Å². The van der Waals surface area contributed by atoms with Crippen molar-refractivity contribution in [3.8, 4) is 5.88 Å². The number of benzene rings is 1. The molecule has 2 heterocycles. The summed E-state index contributed by atoms with van der Waals surface area (Å²) in [6.07, 6.45) is -3.19. The van der Waals surface area contributed by atoms with Gasteiger partial charge in [-0.1, -0.05) is 30.3 Å². The molecular weight excluding hydrogens is 387 g/mol. The highest BCUT2D eigenvalue weighted by Gasteiger charge is 2.38. The number of rotatable bonds is 6. The van der Waals surface area contributed by atoms with Gasteiger partial charge in [0, 0.05) is 25.2 Å². The van der Waals surface area contributed by atoms with E-state index in [0.717, 1.165) is 5.56 Å². The van der Waals surface area contributed by atoms with Crippen LogP contribution >= 0.6 is 0 Å². The molecule has 3 rings (SSSR count). The van der Waals surface area contributed by atoms with E-state index in [1.165, 1.54) is 18.3 Å². The van der Waals surface area contributed by atoms with Crippen molar-refractivity contribution in [1.82, 2.24) is 15.2 Å². The van der Waals surface area contributed by atoms with Crippen molar-refractivity contribution in [2.24, 2.45) is 0 Å². The summed E-state index contributed by atoms with van der Waals surface area (Å²) in [6.45, 7) is 0.691. The lowest BCUT2D eigenvalue weighted by molar-refractivity contribution is -0.154. The largest absolute Gasteiger partial charge is 0.467 e. The number of nitrogens with zero attached hydrogens (tertiary/aromatic N) is 2. The molecule has 1 aromatic carbocycles. The first-order valence-corrected chi connectivity index (χ1v) is 9.03. The molecule has 1 aliphatic heterocycles. The van der Waals surface area contributed by atoms with Crippen LogP contribution in [0.2, 0.25) is 0 Å². The molecule has 1 N–H and O–H groups in total. The highest BCUT2D eigenvalue weighted by molar-refractivity contribution is 5.97. The molecule has 1 aliphatic rings. The molecule has 0 unspecified atom stereocenters. The summed E-state index contributed by atoms with van der Waals surface area (Å²) in [7, 11) is 0. The van der Waals surface area contributed by atoms with Crippen LogP contribution in [0, 0.1) is 0 Å². The Morgan fingerprint density at radius 2 is 1.97 bits per heavy atom. The summed E-state index contributed by atoms with van der Waals surface area (Å²) in [4.78, 5) is 30.4. The highest BCUT2D eigenvalue weighted by atomic mass is 19.4. The van der Waals surface area contributed by atoms with Gasteiger partial charge in [-0.15, -0.1) is 0 Å². The number of carbonyl (C=O) groups excluding carboxylic acids is 2. The van der Waals surface area contributed by atoms with Crippen LogP contribution in [0.1, 0.15) is 29.3 Å². The topological polar surface area (TPSA) is 71.5 Å². The number of hydrogen-bond acceptors (Lipinski definition) is 4. The van der Waals surface area contributed by atoms with Gasteiger partial charge in [0.15, 0.2) is 6.61 Å². The zero-order valence-corrected chi connectivity index (χ0v) is 15.6. The zero-order chi connectivity index (χ0) is 21.0. The van der Waals surface area contributed by atoms with Gasteiger partial charge in [0.1, 0.15) is 5.56 Å². The molecule has 2 amide bonds. The monoisotopic (exact) mass is 407 g/mol. The Bertz CT molecular complexity index is 874. The number of amides is 2. The van der Waals surface area contributed by atoms with Gasteiger partial charge >= 0.3 is 6.18 Å². The van der Waals surface area contributed by atoms with Gasteiger partial charge in [-0.2, -0.15) is 13.2 Å². The first-order valence-electron chi connectivity index (χ1n) is 9.03. The maximum absolute atomic E-state index is 12.6. The summed E-state index contributed by atoms with van der Waals surface area (Å²) in [5.74, 6) is -1.15. The fraction of sp³-hybridized carbons (Fsp3) is 0.350. The third-order valence-corrected chi connectivity index (χ3v) is 4.69. The summed E-state index contributed by atoms with van der Waals surface area (Å²) >= 11 is 0. The summed E-state index contributed by atoms with van der Waals surface area (Å²) in [5, 5.41) is 2.73. The lowest BCUT2D eigenvalue weighted by Crippen LogP contribution is -2.43. The number of halogens is 3. The lowest BCUT2D eigenvalue weighted by atomic mass is 10.1. The summed E-state index contributed by atoms with van der Waals surface area (Å²) in [6, 6.07) is 11.5. The fourth-order valence-electron chi connectivity index (χ4n) is 3.18. The number of carbonyl (C=O) groups is 2. The van der Waals surface area contributed by atoms with Crippen LogP contribution in [0.5, 0.6) is 5.88 Å². The molecule has 0 aliphatic carbocycles. The van der Waals surface area contributed by atoms with Crippen molar-refractivity contribution >= 4 is 11.8 Å². The first-order chi connectivity index (χ1) is 13.7. The Hall–Kier alpha value is -3.10. The van der Waals surface area contributed by atoms with Crippen molar-refractivity contribution in [2.45, 2.75) is 38.1 Å². The molecule has 1 fully saturated rings. The zero-order valence-electron chi connectivity index (χ0n) is 15.6. The molecule has 0 bridgehead atoms. The maximum Gasteiger partial charge on any atom is 0.422 e. The Balaban J connectivity index is 1.67. The molecule has 9 heteroatoms. The SMILES string of the molecule is C[C@@H]1[C@@H](NC(=O)c2cccnc2OCC(F)(F)F)CC(=O)N1Cc1ccccc1. The van der Waals surface area contributed by atoms with Gasteiger partial charge in [-0.25, -0.2) is 4.98 Å². The van der Waals surface area contributed by atoms with Crippen molar-refractivity contribution in [2.75, 3.05) is 6.61 Å². The van der Waals surface area contributed by atoms with Crippen LogP contribution in [0.4, 0.5) is 13.2 Å². The average Bonchev–Trinajstić information content (AvgIpc) is 2.94. The number of nitrogens with one attached hydrogen (secondary N) is 1. The van der Waals surface area contributed by atoms with E-state index in [9.17, 15) is 22.8 Å². The molecule has 1 aromatic heterocycles. The van der Waals surface area contributed by atoms with E-state index in [1.807, 2.05) is 37.3 Å². The second kappa shape index (κ2) is 8.50. The quantitative estimate of drug-likeness (QED) is 0.799. The standard InChI is InChI=1S/C20H20F3N3O3/c1-13-16(10-17(27)26(13)11-14-6-3-2-4-7-14)25-18(28)15-8-5-9-24-19(15)29-12-20(21,22)23/h2-9,13,16H,10-12H2,1H3,(H,25,28)/t13-,16+/m1/s1. The van der Waals surface area contributed by atoms with Gasteiger partial charge < -0.3 is 15.0 Å². The number of aromatic nitrogens is 1.